The Labute approximate surface area is 206 Å². The molecule has 5 rings (SSSR count). The van der Waals surface area contributed by atoms with Gasteiger partial charge in [-0.1, -0.05) is 36.4 Å². The molecule has 1 fully saturated rings. The van der Waals surface area contributed by atoms with Gasteiger partial charge in [-0.2, -0.15) is 0 Å². The molecule has 1 saturated heterocycles. The Balaban J connectivity index is 1.45. The lowest BCUT2D eigenvalue weighted by Crippen LogP contribution is -2.49. The molecule has 0 aromatic heterocycles. The summed E-state index contributed by atoms with van der Waals surface area (Å²) in [6, 6.07) is 18.0. The Kier molecular flexibility index (Phi) is 7.06. The molecule has 0 saturated carbocycles. The third kappa shape index (κ3) is 4.92. The van der Waals surface area contributed by atoms with Crippen molar-refractivity contribution in [3.8, 4) is 17.2 Å². The van der Waals surface area contributed by atoms with Crippen LogP contribution in [0.1, 0.15) is 17.2 Å². The first-order valence-electron chi connectivity index (χ1n) is 12.1. The highest BCUT2D eigenvalue weighted by molar-refractivity contribution is 5.88. The largest absolute Gasteiger partial charge is 0.493 e. The summed E-state index contributed by atoms with van der Waals surface area (Å²) in [6.45, 7) is 4.26. The van der Waals surface area contributed by atoms with Gasteiger partial charge in [-0.25, -0.2) is 0 Å². The third-order valence-electron chi connectivity index (χ3n) is 6.93. The summed E-state index contributed by atoms with van der Waals surface area (Å²) in [5.41, 5.74) is 2.20. The van der Waals surface area contributed by atoms with Crippen LogP contribution in [-0.4, -0.2) is 75.9 Å². The standard InChI is InChI=1S/C28H32N2O5/c1-32-26-16-21-10-11-30(28(31)18-29-12-14-34-15-13-29)24(23(21)17-27(26)33-2)19-35-25-9-5-7-20-6-3-4-8-22(20)25/h3-9,16-17,24H,10-15,18-19H2,1-2H3. The van der Waals surface area contributed by atoms with Crippen LogP contribution in [0.2, 0.25) is 0 Å². The highest BCUT2D eigenvalue weighted by atomic mass is 16.5. The third-order valence-corrected chi connectivity index (χ3v) is 6.93. The van der Waals surface area contributed by atoms with Crippen LogP contribution >= 0.6 is 0 Å². The van der Waals surface area contributed by atoms with E-state index in [0.717, 1.165) is 47.2 Å². The van der Waals surface area contributed by atoms with Crippen LogP contribution in [0.3, 0.4) is 0 Å². The summed E-state index contributed by atoms with van der Waals surface area (Å²) < 4.78 is 23.0. The van der Waals surface area contributed by atoms with Gasteiger partial charge in [-0.3, -0.25) is 9.69 Å². The lowest BCUT2D eigenvalue weighted by atomic mass is 9.92. The number of carbonyl (C=O) groups is 1. The highest BCUT2D eigenvalue weighted by Gasteiger charge is 2.33. The van der Waals surface area contributed by atoms with Gasteiger partial charge < -0.3 is 23.8 Å². The van der Waals surface area contributed by atoms with Gasteiger partial charge in [0.15, 0.2) is 11.5 Å². The number of fused-ring (bicyclic) bond motifs is 2. The van der Waals surface area contributed by atoms with E-state index in [1.165, 1.54) is 0 Å². The molecule has 2 aliphatic rings. The average molecular weight is 477 g/mol. The van der Waals surface area contributed by atoms with Crippen molar-refractivity contribution in [1.29, 1.82) is 0 Å². The minimum absolute atomic E-state index is 0.110. The van der Waals surface area contributed by atoms with E-state index in [2.05, 4.69) is 23.1 Å². The first-order chi connectivity index (χ1) is 17.2. The molecule has 0 radical (unpaired) electrons. The van der Waals surface area contributed by atoms with Gasteiger partial charge in [0.2, 0.25) is 5.91 Å². The van der Waals surface area contributed by atoms with Gasteiger partial charge in [0.25, 0.3) is 0 Å². The van der Waals surface area contributed by atoms with Crippen molar-refractivity contribution in [3.63, 3.8) is 0 Å². The number of methoxy groups -OCH3 is 2. The maximum absolute atomic E-state index is 13.5. The summed E-state index contributed by atoms with van der Waals surface area (Å²) >= 11 is 0. The molecule has 35 heavy (non-hydrogen) atoms. The lowest BCUT2D eigenvalue weighted by Gasteiger charge is -2.39. The lowest BCUT2D eigenvalue weighted by molar-refractivity contribution is -0.137. The van der Waals surface area contributed by atoms with E-state index in [0.29, 0.717) is 44.4 Å². The monoisotopic (exact) mass is 476 g/mol. The van der Waals surface area contributed by atoms with Crippen LogP contribution in [0.15, 0.2) is 54.6 Å². The molecule has 1 atom stereocenters. The van der Waals surface area contributed by atoms with E-state index in [1.54, 1.807) is 14.2 Å². The molecule has 7 nitrogen and oxygen atoms in total. The quantitative estimate of drug-likeness (QED) is 0.518. The summed E-state index contributed by atoms with van der Waals surface area (Å²) in [5.74, 6) is 2.28. The topological polar surface area (TPSA) is 60.5 Å². The number of benzene rings is 3. The van der Waals surface area contributed by atoms with E-state index >= 15 is 0 Å². The Morgan fingerprint density at radius 2 is 1.69 bits per heavy atom. The van der Waals surface area contributed by atoms with E-state index in [-0.39, 0.29) is 11.9 Å². The first-order valence-corrected chi connectivity index (χ1v) is 12.1. The summed E-state index contributed by atoms with van der Waals surface area (Å²) in [7, 11) is 3.28. The van der Waals surface area contributed by atoms with Crippen molar-refractivity contribution in [2.75, 3.05) is 60.2 Å². The van der Waals surface area contributed by atoms with E-state index < -0.39 is 0 Å². The summed E-state index contributed by atoms with van der Waals surface area (Å²) in [4.78, 5) is 17.7. The maximum Gasteiger partial charge on any atom is 0.237 e. The molecule has 0 aliphatic carbocycles. The molecule has 0 spiro atoms. The smallest absolute Gasteiger partial charge is 0.237 e. The molecular formula is C28H32N2O5. The zero-order chi connectivity index (χ0) is 24.2. The molecule has 2 heterocycles. The average Bonchev–Trinajstić information content (AvgIpc) is 2.91. The van der Waals surface area contributed by atoms with Gasteiger partial charge in [-0.05, 0) is 41.1 Å². The van der Waals surface area contributed by atoms with Crippen molar-refractivity contribution in [2.45, 2.75) is 12.5 Å². The molecule has 3 aromatic rings. The predicted molar refractivity (Wildman–Crippen MR) is 134 cm³/mol. The minimum atomic E-state index is -0.230. The maximum atomic E-state index is 13.5. The fourth-order valence-corrected chi connectivity index (χ4v) is 5.04. The van der Waals surface area contributed by atoms with Crippen LogP contribution < -0.4 is 14.2 Å². The van der Waals surface area contributed by atoms with Crippen molar-refractivity contribution >= 4 is 16.7 Å². The Hall–Kier alpha value is -3.29. The van der Waals surface area contributed by atoms with Crippen LogP contribution in [-0.2, 0) is 16.0 Å². The number of amides is 1. The molecular weight excluding hydrogens is 444 g/mol. The second-order valence-corrected chi connectivity index (χ2v) is 8.94. The van der Waals surface area contributed by atoms with E-state index in [9.17, 15) is 4.79 Å². The molecule has 184 valence electrons. The number of carbonyl (C=O) groups excluding carboxylic acids is 1. The van der Waals surface area contributed by atoms with Gasteiger partial charge in [0.1, 0.15) is 12.4 Å². The number of nitrogens with zero attached hydrogens (tertiary/aromatic N) is 2. The number of rotatable bonds is 7. The van der Waals surface area contributed by atoms with Crippen LogP contribution in [0, 0.1) is 0 Å². The van der Waals surface area contributed by atoms with Gasteiger partial charge >= 0.3 is 0 Å². The number of ether oxygens (including phenoxy) is 4. The second-order valence-electron chi connectivity index (χ2n) is 8.94. The zero-order valence-electron chi connectivity index (χ0n) is 20.4. The fourth-order valence-electron chi connectivity index (χ4n) is 5.04. The predicted octanol–water partition coefficient (Wildman–Crippen LogP) is 3.69. The molecule has 3 aromatic carbocycles. The molecule has 1 amide bonds. The number of morpholine rings is 1. The van der Waals surface area contributed by atoms with Gasteiger partial charge in [0, 0.05) is 25.0 Å². The Morgan fingerprint density at radius 3 is 2.49 bits per heavy atom. The second kappa shape index (κ2) is 10.5. The van der Waals surface area contributed by atoms with E-state index in [4.69, 9.17) is 18.9 Å². The minimum Gasteiger partial charge on any atom is -0.493 e. The van der Waals surface area contributed by atoms with Crippen molar-refractivity contribution in [2.24, 2.45) is 0 Å². The molecule has 1 unspecified atom stereocenters. The molecule has 0 N–H and O–H groups in total. The molecule has 7 heteroatoms. The van der Waals surface area contributed by atoms with Gasteiger partial charge in [-0.15, -0.1) is 0 Å². The van der Waals surface area contributed by atoms with E-state index in [1.807, 2.05) is 41.3 Å². The molecule has 0 bridgehead atoms. The first kappa shape index (κ1) is 23.5. The summed E-state index contributed by atoms with van der Waals surface area (Å²) in [5, 5.41) is 2.19. The van der Waals surface area contributed by atoms with Crippen molar-refractivity contribution in [3.05, 3.63) is 65.7 Å². The Bertz CT molecular complexity index is 1190. The fraction of sp³-hybridized carbons (Fsp3) is 0.393. The summed E-state index contributed by atoms with van der Waals surface area (Å²) in [6.07, 6.45) is 0.759. The zero-order valence-corrected chi connectivity index (χ0v) is 20.4. The van der Waals surface area contributed by atoms with Crippen molar-refractivity contribution in [1.82, 2.24) is 9.80 Å². The van der Waals surface area contributed by atoms with Crippen LogP contribution in [0.4, 0.5) is 0 Å². The van der Waals surface area contributed by atoms with Crippen LogP contribution in [0.25, 0.3) is 10.8 Å². The number of hydrogen-bond acceptors (Lipinski definition) is 6. The normalized spacial score (nSPS) is 18.2. The van der Waals surface area contributed by atoms with Crippen molar-refractivity contribution < 1.29 is 23.7 Å². The van der Waals surface area contributed by atoms with Crippen LogP contribution in [0.5, 0.6) is 17.2 Å². The number of hydrogen-bond donors (Lipinski definition) is 0. The molecule has 2 aliphatic heterocycles. The highest BCUT2D eigenvalue weighted by Crippen LogP contribution is 2.39. The van der Waals surface area contributed by atoms with Gasteiger partial charge in [0.05, 0.1) is 40.0 Å². The Morgan fingerprint density at radius 1 is 0.943 bits per heavy atom. The SMILES string of the molecule is COc1cc2c(cc1OC)C(COc1cccc3ccccc13)N(C(=O)CN1CCOCC1)CC2.